The van der Waals surface area contributed by atoms with Crippen molar-refractivity contribution in [1.29, 1.82) is 0 Å². The summed E-state index contributed by atoms with van der Waals surface area (Å²) >= 11 is 0. The molecule has 0 aromatic heterocycles. The Morgan fingerprint density at radius 3 is 2.71 bits per heavy atom. The largest absolute Gasteiger partial charge is 0.311 e. The van der Waals surface area contributed by atoms with E-state index in [-0.39, 0.29) is 0 Å². The van der Waals surface area contributed by atoms with E-state index >= 15 is 0 Å². The number of rotatable bonds is 4. The zero-order valence-electron chi connectivity index (χ0n) is 11.8. The van der Waals surface area contributed by atoms with Gasteiger partial charge in [0.2, 0.25) is 0 Å². The molecule has 2 heteroatoms. The van der Waals surface area contributed by atoms with Gasteiger partial charge in [0.05, 0.1) is 0 Å². The van der Waals surface area contributed by atoms with Crippen molar-refractivity contribution in [2.24, 2.45) is 5.92 Å². The van der Waals surface area contributed by atoms with E-state index in [0.29, 0.717) is 0 Å². The fourth-order valence-corrected chi connectivity index (χ4v) is 3.68. The van der Waals surface area contributed by atoms with Gasteiger partial charge in [0.1, 0.15) is 0 Å². The van der Waals surface area contributed by atoms with Crippen LogP contribution in [0.5, 0.6) is 0 Å². The highest BCUT2D eigenvalue weighted by Gasteiger charge is 2.28. The first-order chi connectivity index (χ1) is 8.31. The van der Waals surface area contributed by atoms with Crippen molar-refractivity contribution >= 4 is 0 Å². The minimum atomic E-state index is 0.750. The first kappa shape index (κ1) is 13.4. The Balaban J connectivity index is 1.82. The summed E-state index contributed by atoms with van der Waals surface area (Å²) in [6.45, 7) is 8.51. The van der Waals surface area contributed by atoms with Crippen LogP contribution in [0.2, 0.25) is 0 Å². The van der Waals surface area contributed by atoms with E-state index in [1.807, 2.05) is 0 Å². The van der Waals surface area contributed by atoms with Crippen molar-refractivity contribution in [2.45, 2.75) is 70.9 Å². The molecular formula is C15H30N2. The highest BCUT2D eigenvalue weighted by atomic mass is 15.2. The second kappa shape index (κ2) is 6.75. The SMILES string of the molecule is CCCC1CN(C(C)C2CCCCC2)CCN1. The van der Waals surface area contributed by atoms with Crippen LogP contribution >= 0.6 is 0 Å². The molecule has 2 unspecified atom stereocenters. The molecule has 0 spiro atoms. The Morgan fingerprint density at radius 1 is 1.24 bits per heavy atom. The van der Waals surface area contributed by atoms with E-state index < -0.39 is 0 Å². The molecule has 2 rings (SSSR count). The maximum absolute atomic E-state index is 3.67. The van der Waals surface area contributed by atoms with Gasteiger partial charge in [-0.2, -0.15) is 0 Å². The molecule has 1 N–H and O–H groups in total. The second-order valence-electron chi connectivity index (χ2n) is 6.07. The average Bonchev–Trinajstić information content (AvgIpc) is 2.40. The Hall–Kier alpha value is -0.0800. The number of nitrogens with one attached hydrogen (secondary N) is 1. The predicted molar refractivity (Wildman–Crippen MR) is 74.3 cm³/mol. The molecule has 1 aliphatic carbocycles. The van der Waals surface area contributed by atoms with Crippen LogP contribution in [-0.2, 0) is 0 Å². The molecule has 1 heterocycles. The van der Waals surface area contributed by atoms with Crippen LogP contribution in [0.3, 0.4) is 0 Å². The molecule has 2 atom stereocenters. The number of piperazine rings is 1. The Bertz CT molecular complexity index is 209. The van der Waals surface area contributed by atoms with Crippen molar-refractivity contribution in [3.8, 4) is 0 Å². The minimum Gasteiger partial charge on any atom is -0.311 e. The van der Waals surface area contributed by atoms with Crippen LogP contribution in [-0.4, -0.2) is 36.6 Å². The number of hydrogen-bond donors (Lipinski definition) is 1. The summed E-state index contributed by atoms with van der Waals surface area (Å²) < 4.78 is 0. The Labute approximate surface area is 107 Å². The molecule has 1 saturated carbocycles. The van der Waals surface area contributed by atoms with E-state index in [1.165, 1.54) is 64.6 Å². The molecule has 100 valence electrons. The van der Waals surface area contributed by atoms with E-state index in [4.69, 9.17) is 0 Å². The lowest BCUT2D eigenvalue weighted by Crippen LogP contribution is -2.54. The molecule has 0 radical (unpaired) electrons. The van der Waals surface area contributed by atoms with E-state index in [0.717, 1.165) is 18.0 Å². The standard InChI is InChI=1S/C15H30N2/c1-3-7-15-12-17(11-10-16-15)13(2)14-8-5-4-6-9-14/h13-16H,3-12H2,1-2H3. The second-order valence-corrected chi connectivity index (χ2v) is 6.07. The monoisotopic (exact) mass is 238 g/mol. The maximum Gasteiger partial charge on any atom is 0.0195 e. The lowest BCUT2D eigenvalue weighted by molar-refractivity contribution is 0.0944. The van der Waals surface area contributed by atoms with Crippen LogP contribution in [0.25, 0.3) is 0 Å². The van der Waals surface area contributed by atoms with Gasteiger partial charge in [0.25, 0.3) is 0 Å². The lowest BCUT2D eigenvalue weighted by atomic mass is 9.83. The first-order valence-corrected chi connectivity index (χ1v) is 7.78. The van der Waals surface area contributed by atoms with Crippen molar-refractivity contribution in [1.82, 2.24) is 10.2 Å². The molecule has 17 heavy (non-hydrogen) atoms. The molecule has 1 saturated heterocycles. The Kier molecular flexibility index (Phi) is 5.30. The fraction of sp³-hybridized carbons (Fsp3) is 1.00. The summed E-state index contributed by atoms with van der Waals surface area (Å²) in [7, 11) is 0. The summed E-state index contributed by atoms with van der Waals surface area (Å²) in [4.78, 5) is 2.76. The summed E-state index contributed by atoms with van der Waals surface area (Å²) in [6, 6.07) is 1.57. The van der Waals surface area contributed by atoms with Gasteiger partial charge in [-0.05, 0) is 32.1 Å². The minimum absolute atomic E-state index is 0.750. The quantitative estimate of drug-likeness (QED) is 0.810. The van der Waals surface area contributed by atoms with E-state index in [2.05, 4.69) is 24.1 Å². The van der Waals surface area contributed by atoms with Crippen LogP contribution in [0.15, 0.2) is 0 Å². The topological polar surface area (TPSA) is 15.3 Å². The van der Waals surface area contributed by atoms with Crippen molar-refractivity contribution < 1.29 is 0 Å². The number of nitrogens with zero attached hydrogens (tertiary/aromatic N) is 1. The third-order valence-electron chi connectivity index (χ3n) is 4.83. The molecule has 0 bridgehead atoms. The summed E-state index contributed by atoms with van der Waals surface area (Å²) in [5, 5.41) is 3.67. The molecule has 0 aromatic rings. The molecule has 0 amide bonds. The van der Waals surface area contributed by atoms with Gasteiger partial charge in [-0.25, -0.2) is 0 Å². The first-order valence-electron chi connectivity index (χ1n) is 7.78. The molecule has 1 aliphatic heterocycles. The zero-order chi connectivity index (χ0) is 12.1. The highest BCUT2D eigenvalue weighted by molar-refractivity contribution is 4.85. The summed E-state index contributed by atoms with van der Waals surface area (Å²) in [5.74, 6) is 0.976. The van der Waals surface area contributed by atoms with E-state index in [1.54, 1.807) is 0 Å². The molecule has 2 aliphatic rings. The normalized spacial score (nSPS) is 30.4. The highest BCUT2D eigenvalue weighted by Crippen LogP contribution is 2.29. The van der Waals surface area contributed by atoms with Crippen LogP contribution < -0.4 is 5.32 Å². The summed E-state index contributed by atoms with van der Waals surface area (Å²) in [5.41, 5.74) is 0. The third-order valence-corrected chi connectivity index (χ3v) is 4.83. The van der Waals surface area contributed by atoms with Crippen LogP contribution in [0.1, 0.15) is 58.8 Å². The average molecular weight is 238 g/mol. The van der Waals surface area contributed by atoms with Gasteiger partial charge >= 0.3 is 0 Å². The third kappa shape index (κ3) is 3.69. The van der Waals surface area contributed by atoms with Crippen LogP contribution in [0.4, 0.5) is 0 Å². The van der Waals surface area contributed by atoms with Gasteiger partial charge < -0.3 is 5.32 Å². The molecule has 2 fully saturated rings. The molecular weight excluding hydrogens is 208 g/mol. The van der Waals surface area contributed by atoms with Gasteiger partial charge in [-0.3, -0.25) is 4.90 Å². The maximum atomic E-state index is 3.67. The zero-order valence-corrected chi connectivity index (χ0v) is 11.8. The Morgan fingerprint density at radius 2 is 2.00 bits per heavy atom. The van der Waals surface area contributed by atoms with Gasteiger partial charge in [-0.15, -0.1) is 0 Å². The van der Waals surface area contributed by atoms with Gasteiger partial charge in [-0.1, -0.05) is 32.6 Å². The van der Waals surface area contributed by atoms with Crippen LogP contribution in [0, 0.1) is 5.92 Å². The van der Waals surface area contributed by atoms with Crippen molar-refractivity contribution in [2.75, 3.05) is 19.6 Å². The molecule has 0 aromatic carbocycles. The lowest BCUT2D eigenvalue weighted by Gasteiger charge is -2.41. The predicted octanol–water partition coefficient (Wildman–Crippen LogP) is 3.03. The van der Waals surface area contributed by atoms with Gasteiger partial charge in [0, 0.05) is 31.7 Å². The summed E-state index contributed by atoms with van der Waals surface area (Å²) in [6.07, 6.45) is 10.0. The van der Waals surface area contributed by atoms with E-state index in [9.17, 15) is 0 Å². The molecule has 2 nitrogen and oxygen atoms in total. The van der Waals surface area contributed by atoms with Gasteiger partial charge in [0.15, 0.2) is 0 Å². The van der Waals surface area contributed by atoms with Crippen molar-refractivity contribution in [3.05, 3.63) is 0 Å². The smallest absolute Gasteiger partial charge is 0.0195 e. The fourth-order valence-electron chi connectivity index (χ4n) is 3.68. The van der Waals surface area contributed by atoms with Crippen molar-refractivity contribution in [3.63, 3.8) is 0 Å². The number of hydrogen-bond acceptors (Lipinski definition) is 2.